The molecule has 0 spiro atoms. The zero-order valence-corrected chi connectivity index (χ0v) is 11.4. The quantitative estimate of drug-likeness (QED) is 0.868. The molecule has 0 heterocycles. The zero-order valence-electron chi connectivity index (χ0n) is 9.83. The van der Waals surface area contributed by atoms with Gasteiger partial charge in [-0.3, -0.25) is 0 Å². The maximum Gasteiger partial charge on any atom is 0.379 e. The van der Waals surface area contributed by atoms with E-state index in [1.54, 1.807) is 0 Å². The molecule has 0 aromatic heterocycles. The molecule has 1 aromatic rings. The fourth-order valence-electron chi connectivity index (χ4n) is 1.34. The number of nitrogens with two attached hydrogens (primary N) is 1. The minimum absolute atomic E-state index is 0. The van der Waals surface area contributed by atoms with Crippen LogP contribution in [0.1, 0.15) is 18.5 Å². The van der Waals surface area contributed by atoms with E-state index in [2.05, 4.69) is 4.74 Å². The molecule has 0 bridgehead atoms. The number of hydrogen-bond acceptors (Lipinski definition) is 3. The molecule has 8 heteroatoms. The standard InChI is InChI=1S/C11H11ClF3NO2.ClH/c1-2-18-10(17)11(14,15)9(16)8-6(12)4-3-5-7(8)13;/h3-5,9H,2,16H2,1H3;1H/t9-;/m1./s1. The molecule has 0 aliphatic carbocycles. The van der Waals surface area contributed by atoms with Gasteiger partial charge in [0.2, 0.25) is 0 Å². The van der Waals surface area contributed by atoms with E-state index in [0.717, 1.165) is 6.07 Å². The van der Waals surface area contributed by atoms with Gasteiger partial charge in [-0.1, -0.05) is 17.7 Å². The largest absolute Gasteiger partial charge is 0.462 e. The molecule has 0 saturated heterocycles. The van der Waals surface area contributed by atoms with Crippen LogP contribution >= 0.6 is 24.0 Å². The van der Waals surface area contributed by atoms with Crippen molar-refractivity contribution >= 4 is 30.0 Å². The van der Waals surface area contributed by atoms with E-state index in [-0.39, 0.29) is 24.0 Å². The fourth-order valence-corrected chi connectivity index (χ4v) is 1.62. The first kappa shape index (κ1) is 18.0. The van der Waals surface area contributed by atoms with Gasteiger partial charge in [-0.15, -0.1) is 12.4 Å². The van der Waals surface area contributed by atoms with Gasteiger partial charge < -0.3 is 10.5 Å². The molecule has 0 saturated carbocycles. The second kappa shape index (κ2) is 6.98. The van der Waals surface area contributed by atoms with Crippen molar-refractivity contribution in [3.05, 3.63) is 34.6 Å². The van der Waals surface area contributed by atoms with Gasteiger partial charge in [-0.25, -0.2) is 9.18 Å². The smallest absolute Gasteiger partial charge is 0.379 e. The minimum atomic E-state index is -4.05. The summed E-state index contributed by atoms with van der Waals surface area (Å²) in [5.41, 5.74) is 4.62. The molecule has 0 aliphatic heterocycles. The van der Waals surface area contributed by atoms with Crippen LogP contribution in [0.25, 0.3) is 0 Å². The molecule has 19 heavy (non-hydrogen) atoms. The summed E-state index contributed by atoms with van der Waals surface area (Å²) < 4.78 is 44.9. The van der Waals surface area contributed by atoms with Crippen molar-refractivity contribution in [1.82, 2.24) is 0 Å². The molecule has 1 atom stereocenters. The molecule has 0 unspecified atom stereocenters. The van der Waals surface area contributed by atoms with E-state index in [1.807, 2.05) is 0 Å². The van der Waals surface area contributed by atoms with Crippen LogP contribution in [0, 0.1) is 5.82 Å². The van der Waals surface area contributed by atoms with Crippen LogP contribution in [-0.4, -0.2) is 18.5 Å². The SMILES string of the molecule is CCOC(=O)C(F)(F)[C@H](N)c1c(F)cccc1Cl.Cl. The highest BCUT2D eigenvalue weighted by atomic mass is 35.5. The first-order valence-corrected chi connectivity index (χ1v) is 5.44. The third-order valence-electron chi connectivity index (χ3n) is 2.25. The van der Waals surface area contributed by atoms with Crippen molar-refractivity contribution < 1.29 is 22.7 Å². The highest BCUT2D eigenvalue weighted by Crippen LogP contribution is 2.35. The van der Waals surface area contributed by atoms with Gasteiger partial charge in [0.05, 0.1) is 6.61 Å². The molecule has 0 radical (unpaired) electrons. The van der Waals surface area contributed by atoms with Crippen LogP contribution in [0.3, 0.4) is 0 Å². The third-order valence-corrected chi connectivity index (χ3v) is 2.58. The summed E-state index contributed by atoms with van der Waals surface area (Å²) in [6.45, 7) is 1.14. The van der Waals surface area contributed by atoms with Crippen molar-refractivity contribution in [2.24, 2.45) is 5.73 Å². The maximum atomic E-state index is 13.6. The van der Waals surface area contributed by atoms with E-state index in [9.17, 15) is 18.0 Å². The van der Waals surface area contributed by atoms with Gasteiger partial charge >= 0.3 is 11.9 Å². The van der Waals surface area contributed by atoms with Crippen molar-refractivity contribution in [1.29, 1.82) is 0 Å². The molecule has 0 fully saturated rings. The monoisotopic (exact) mass is 317 g/mol. The molecular formula is C11H12Cl2F3NO2. The second-order valence-corrected chi connectivity index (χ2v) is 3.86. The Morgan fingerprint density at radius 3 is 2.58 bits per heavy atom. The molecule has 2 N–H and O–H groups in total. The Kier molecular flexibility index (Phi) is 6.62. The molecule has 1 aromatic carbocycles. The maximum absolute atomic E-state index is 13.6. The lowest BCUT2D eigenvalue weighted by Gasteiger charge is -2.22. The summed E-state index contributed by atoms with van der Waals surface area (Å²) >= 11 is 5.61. The van der Waals surface area contributed by atoms with Crippen molar-refractivity contribution in [3.8, 4) is 0 Å². The lowest BCUT2D eigenvalue weighted by atomic mass is 10.0. The average molecular weight is 318 g/mol. The number of carbonyl (C=O) groups excluding carboxylic acids is 1. The van der Waals surface area contributed by atoms with Crippen molar-refractivity contribution in [3.63, 3.8) is 0 Å². The van der Waals surface area contributed by atoms with Crippen molar-refractivity contribution in [2.75, 3.05) is 6.61 Å². The van der Waals surface area contributed by atoms with E-state index < -0.39 is 29.3 Å². The van der Waals surface area contributed by atoms with Crippen LogP contribution < -0.4 is 5.73 Å². The molecule has 108 valence electrons. The summed E-state index contributed by atoms with van der Waals surface area (Å²) in [6, 6.07) is 1.19. The van der Waals surface area contributed by atoms with Crippen LogP contribution in [0.4, 0.5) is 13.2 Å². The van der Waals surface area contributed by atoms with E-state index >= 15 is 0 Å². The van der Waals surface area contributed by atoms with E-state index in [1.165, 1.54) is 19.1 Å². The lowest BCUT2D eigenvalue weighted by Crippen LogP contribution is -2.42. The molecular weight excluding hydrogens is 306 g/mol. The Hall–Kier alpha value is -0.980. The number of halogens is 5. The third kappa shape index (κ3) is 3.75. The number of rotatable bonds is 4. The average Bonchev–Trinajstić information content (AvgIpc) is 2.28. The van der Waals surface area contributed by atoms with Crippen LogP contribution in [0.5, 0.6) is 0 Å². The molecule has 3 nitrogen and oxygen atoms in total. The predicted octanol–water partition coefficient (Wildman–Crippen LogP) is 3.10. The Morgan fingerprint density at radius 2 is 2.11 bits per heavy atom. The number of hydrogen-bond donors (Lipinski definition) is 1. The van der Waals surface area contributed by atoms with E-state index in [0.29, 0.717) is 0 Å². The Balaban J connectivity index is 0.00000324. The van der Waals surface area contributed by atoms with Gasteiger partial charge in [0.25, 0.3) is 0 Å². The lowest BCUT2D eigenvalue weighted by molar-refractivity contribution is -0.174. The molecule has 0 amide bonds. The molecule has 0 aliphatic rings. The summed E-state index contributed by atoms with van der Waals surface area (Å²) in [6.07, 6.45) is 0. The predicted molar refractivity (Wildman–Crippen MR) is 67.2 cm³/mol. The normalized spacial score (nSPS) is 12.5. The van der Waals surface area contributed by atoms with E-state index in [4.69, 9.17) is 17.3 Å². The number of benzene rings is 1. The van der Waals surface area contributed by atoms with Gasteiger partial charge in [-0.05, 0) is 19.1 Å². The summed E-state index contributed by atoms with van der Waals surface area (Å²) in [7, 11) is 0. The van der Waals surface area contributed by atoms with Gasteiger partial charge in [-0.2, -0.15) is 8.78 Å². The first-order chi connectivity index (χ1) is 8.32. The zero-order chi connectivity index (χ0) is 13.9. The Labute approximate surface area is 119 Å². The highest BCUT2D eigenvalue weighted by Gasteiger charge is 2.49. The van der Waals surface area contributed by atoms with Gasteiger partial charge in [0.1, 0.15) is 11.9 Å². The number of alkyl halides is 2. The Morgan fingerprint density at radius 1 is 1.53 bits per heavy atom. The highest BCUT2D eigenvalue weighted by molar-refractivity contribution is 6.31. The van der Waals surface area contributed by atoms with Crippen molar-refractivity contribution in [2.45, 2.75) is 18.9 Å². The minimum Gasteiger partial charge on any atom is -0.462 e. The number of ether oxygens (including phenoxy) is 1. The fraction of sp³-hybridized carbons (Fsp3) is 0.364. The van der Waals surface area contributed by atoms with Crippen LogP contribution in [0.2, 0.25) is 5.02 Å². The summed E-state index contributed by atoms with van der Waals surface area (Å²) in [5, 5.41) is -0.272. The van der Waals surface area contributed by atoms with Gasteiger partial charge in [0.15, 0.2) is 0 Å². The van der Waals surface area contributed by atoms with Crippen LogP contribution in [0.15, 0.2) is 18.2 Å². The number of carbonyl (C=O) groups is 1. The van der Waals surface area contributed by atoms with Gasteiger partial charge in [0, 0.05) is 10.6 Å². The Bertz CT molecular complexity index is 437. The molecule has 1 rings (SSSR count). The number of esters is 1. The second-order valence-electron chi connectivity index (χ2n) is 3.46. The van der Waals surface area contributed by atoms with Crippen LogP contribution in [-0.2, 0) is 9.53 Å². The topological polar surface area (TPSA) is 52.3 Å². The summed E-state index contributed by atoms with van der Waals surface area (Å²) in [4.78, 5) is 11.1. The summed E-state index contributed by atoms with van der Waals surface area (Å²) in [5.74, 6) is -6.86. The first-order valence-electron chi connectivity index (χ1n) is 5.06.